The Morgan fingerprint density at radius 2 is 2.17 bits per heavy atom. The molecule has 0 aromatic heterocycles. The molecule has 12 heavy (non-hydrogen) atoms. The van der Waals surface area contributed by atoms with Crippen LogP contribution < -0.4 is 5.32 Å². The van der Waals surface area contributed by atoms with Crippen LogP contribution in [0.3, 0.4) is 0 Å². The molecular formula is C9H22N2O. The quantitative estimate of drug-likeness (QED) is 0.582. The molecule has 0 aliphatic carbocycles. The third-order valence-electron chi connectivity index (χ3n) is 1.86. The first-order chi connectivity index (χ1) is 5.70. The van der Waals surface area contributed by atoms with E-state index in [4.69, 9.17) is 0 Å². The molecule has 0 rings (SSSR count). The lowest BCUT2D eigenvalue weighted by molar-refractivity contribution is 0.125. The Labute approximate surface area is 75.8 Å². The molecule has 0 saturated carbocycles. The fourth-order valence-corrected chi connectivity index (χ4v) is 1.18. The van der Waals surface area contributed by atoms with Crippen molar-refractivity contribution in [3.8, 4) is 0 Å². The van der Waals surface area contributed by atoms with Crippen molar-refractivity contribution in [3.05, 3.63) is 0 Å². The fraction of sp³-hybridized carbons (Fsp3) is 1.00. The Morgan fingerprint density at radius 3 is 2.67 bits per heavy atom. The van der Waals surface area contributed by atoms with Crippen LogP contribution in [0.5, 0.6) is 0 Å². The van der Waals surface area contributed by atoms with Crippen LogP contribution in [0.2, 0.25) is 0 Å². The van der Waals surface area contributed by atoms with Crippen LogP contribution in [0.1, 0.15) is 19.8 Å². The summed E-state index contributed by atoms with van der Waals surface area (Å²) < 4.78 is 0. The molecule has 0 saturated heterocycles. The molecule has 0 radical (unpaired) electrons. The Balaban J connectivity index is 3.33. The second-order valence-corrected chi connectivity index (χ2v) is 3.33. The first-order valence-corrected chi connectivity index (χ1v) is 4.72. The van der Waals surface area contributed by atoms with E-state index in [0.717, 1.165) is 13.1 Å². The number of aliphatic hydroxyl groups is 1. The van der Waals surface area contributed by atoms with Crippen LogP contribution in [-0.4, -0.2) is 49.8 Å². The van der Waals surface area contributed by atoms with Gasteiger partial charge in [0.15, 0.2) is 0 Å². The van der Waals surface area contributed by atoms with Crippen molar-refractivity contribution >= 4 is 0 Å². The van der Waals surface area contributed by atoms with E-state index in [1.165, 1.54) is 12.8 Å². The number of hydrogen-bond acceptors (Lipinski definition) is 3. The van der Waals surface area contributed by atoms with Gasteiger partial charge in [-0.1, -0.05) is 13.3 Å². The van der Waals surface area contributed by atoms with Crippen LogP contribution in [-0.2, 0) is 0 Å². The highest BCUT2D eigenvalue weighted by Gasteiger charge is 2.05. The number of likely N-dealkylation sites (N-methyl/N-ethyl adjacent to an activating group) is 2. The van der Waals surface area contributed by atoms with Crippen LogP contribution in [0, 0.1) is 0 Å². The summed E-state index contributed by atoms with van der Waals surface area (Å²) in [7, 11) is 3.91. The summed E-state index contributed by atoms with van der Waals surface area (Å²) >= 11 is 0. The summed E-state index contributed by atoms with van der Waals surface area (Å²) in [5.41, 5.74) is 0. The van der Waals surface area contributed by atoms with Gasteiger partial charge in [0.1, 0.15) is 0 Å². The van der Waals surface area contributed by atoms with E-state index in [1.54, 1.807) is 0 Å². The van der Waals surface area contributed by atoms with Gasteiger partial charge in [-0.15, -0.1) is 0 Å². The lowest BCUT2D eigenvalue weighted by Crippen LogP contribution is -2.35. The van der Waals surface area contributed by atoms with Crippen molar-refractivity contribution < 1.29 is 5.11 Å². The molecule has 2 N–H and O–H groups in total. The monoisotopic (exact) mass is 174 g/mol. The van der Waals surface area contributed by atoms with Crippen molar-refractivity contribution in [2.75, 3.05) is 33.7 Å². The number of nitrogens with one attached hydrogen (secondary N) is 1. The maximum atomic E-state index is 9.41. The lowest BCUT2D eigenvalue weighted by Gasteiger charge is -2.19. The molecule has 0 amide bonds. The molecular weight excluding hydrogens is 152 g/mol. The minimum Gasteiger partial charge on any atom is -0.390 e. The van der Waals surface area contributed by atoms with Crippen molar-refractivity contribution in [1.82, 2.24) is 10.2 Å². The summed E-state index contributed by atoms with van der Waals surface area (Å²) in [6, 6.07) is 0. The molecule has 1 unspecified atom stereocenters. The van der Waals surface area contributed by atoms with E-state index in [0.29, 0.717) is 6.54 Å². The first-order valence-electron chi connectivity index (χ1n) is 4.72. The summed E-state index contributed by atoms with van der Waals surface area (Å²) in [5, 5.41) is 12.4. The van der Waals surface area contributed by atoms with Crippen LogP contribution in [0.25, 0.3) is 0 Å². The van der Waals surface area contributed by atoms with Crippen LogP contribution >= 0.6 is 0 Å². The highest BCUT2D eigenvalue weighted by molar-refractivity contribution is 4.62. The maximum Gasteiger partial charge on any atom is 0.0791 e. The zero-order valence-electron chi connectivity index (χ0n) is 8.51. The van der Waals surface area contributed by atoms with Gasteiger partial charge < -0.3 is 15.3 Å². The average molecular weight is 174 g/mol. The fourth-order valence-electron chi connectivity index (χ4n) is 1.18. The summed E-state index contributed by atoms with van der Waals surface area (Å²) in [6.07, 6.45) is 2.19. The van der Waals surface area contributed by atoms with Gasteiger partial charge >= 0.3 is 0 Å². The molecule has 3 nitrogen and oxygen atoms in total. The zero-order chi connectivity index (χ0) is 9.40. The second-order valence-electron chi connectivity index (χ2n) is 3.33. The van der Waals surface area contributed by atoms with Gasteiger partial charge in [0.2, 0.25) is 0 Å². The Morgan fingerprint density at radius 1 is 1.50 bits per heavy atom. The highest BCUT2D eigenvalue weighted by Crippen LogP contribution is 1.93. The Bertz CT molecular complexity index is 98.5. The topological polar surface area (TPSA) is 35.5 Å². The van der Waals surface area contributed by atoms with Gasteiger partial charge in [0.25, 0.3) is 0 Å². The zero-order valence-corrected chi connectivity index (χ0v) is 8.51. The molecule has 0 spiro atoms. The second kappa shape index (κ2) is 7.53. The standard InChI is InChI=1S/C9H22N2O/c1-4-5-6-11(3)8-9(12)7-10-2/h9-10,12H,4-8H2,1-3H3. The molecule has 0 fully saturated rings. The smallest absolute Gasteiger partial charge is 0.0791 e. The van der Waals surface area contributed by atoms with Gasteiger partial charge in [0, 0.05) is 13.1 Å². The van der Waals surface area contributed by atoms with E-state index in [-0.39, 0.29) is 6.10 Å². The van der Waals surface area contributed by atoms with E-state index in [1.807, 2.05) is 7.05 Å². The number of aliphatic hydroxyl groups excluding tert-OH is 1. The van der Waals surface area contributed by atoms with Gasteiger partial charge in [-0.2, -0.15) is 0 Å². The molecule has 0 heterocycles. The predicted octanol–water partition coefficient (Wildman–Crippen LogP) is 0.299. The normalized spacial score (nSPS) is 13.8. The molecule has 1 atom stereocenters. The molecule has 0 aliphatic rings. The minimum atomic E-state index is -0.239. The van der Waals surface area contributed by atoms with Gasteiger partial charge in [-0.25, -0.2) is 0 Å². The first kappa shape index (κ1) is 11.9. The van der Waals surface area contributed by atoms with Gasteiger partial charge in [-0.05, 0) is 27.1 Å². The van der Waals surface area contributed by atoms with E-state index in [9.17, 15) is 5.11 Å². The summed E-state index contributed by atoms with van der Waals surface area (Å²) in [6.45, 7) is 4.70. The number of nitrogens with zero attached hydrogens (tertiary/aromatic N) is 1. The highest BCUT2D eigenvalue weighted by atomic mass is 16.3. The molecule has 0 aromatic carbocycles. The van der Waals surface area contributed by atoms with Crippen LogP contribution in [0.15, 0.2) is 0 Å². The largest absolute Gasteiger partial charge is 0.390 e. The van der Waals surface area contributed by atoms with Gasteiger partial charge in [0.05, 0.1) is 6.10 Å². The summed E-state index contributed by atoms with van der Waals surface area (Å²) in [5.74, 6) is 0. The maximum absolute atomic E-state index is 9.41. The number of rotatable bonds is 7. The van der Waals surface area contributed by atoms with Crippen molar-refractivity contribution in [2.45, 2.75) is 25.9 Å². The minimum absolute atomic E-state index is 0.239. The van der Waals surface area contributed by atoms with E-state index >= 15 is 0 Å². The number of unbranched alkanes of at least 4 members (excludes halogenated alkanes) is 1. The third-order valence-corrected chi connectivity index (χ3v) is 1.86. The molecule has 0 bridgehead atoms. The number of hydrogen-bond donors (Lipinski definition) is 2. The molecule has 74 valence electrons. The SMILES string of the molecule is CCCCN(C)CC(O)CNC. The van der Waals surface area contributed by atoms with Crippen molar-refractivity contribution in [2.24, 2.45) is 0 Å². The summed E-state index contributed by atoms with van der Waals surface area (Å²) in [4.78, 5) is 2.17. The van der Waals surface area contributed by atoms with Crippen molar-refractivity contribution in [1.29, 1.82) is 0 Å². The Kier molecular flexibility index (Phi) is 7.45. The van der Waals surface area contributed by atoms with Crippen molar-refractivity contribution in [3.63, 3.8) is 0 Å². The van der Waals surface area contributed by atoms with Gasteiger partial charge in [-0.3, -0.25) is 0 Å². The predicted molar refractivity (Wildman–Crippen MR) is 52.3 cm³/mol. The molecule has 0 aliphatic heterocycles. The average Bonchev–Trinajstić information content (AvgIpc) is 2.01. The third kappa shape index (κ3) is 6.58. The Hall–Kier alpha value is -0.120. The van der Waals surface area contributed by atoms with Crippen LogP contribution in [0.4, 0.5) is 0 Å². The van der Waals surface area contributed by atoms with E-state index in [2.05, 4.69) is 24.2 Å². The van der Waals surface area contributed by atoms with E-state index < -0.39 is 0 Å². The molecule has 0 aromatic rings. The lowest BCUT2D eigenvalue weighted by atomic mass is 10.3. The molecule has 3 heteroatoms.